The van der Waals surface area contributed by atoms with Gasteiger partial charge in [-0.1, -0.05) is 17.3 Å². The van der Waals surface area contributed by atoms with Gasteiger partial charge >= 0.3 is 0 Å². The third-order valence-electron chi connectivity index (χ3n) is 2.83. The predicted molar refractivity (Wildman–Crippen MR) is 77.8 cm³/mol. The summed E-state index contributed by atoms with van der Waals surface area (Å²) in [5.41, 5.74) is 1.42. The molecule has 0 radical (unpaired) electrons. The molecular formula is C13H17ClN4O2. The topological polar surface area (TPSA) is 80.0 Å². The molecule has 20 heavy (non-hydrogen) atoms. The molecule has 1 aromatic heterocycles. The number of carbonyl (C=O) groups is 1. The number of halogens is 1. The zero-order valence-corrected chi connectivity index (χ0v) is 12.1. The molecule has 108 valence electrons. The first-order chi connectivity index (χ1) is 9.20. The van der Waals surface area contributed by atoms with Crippen molar-refractivity contribution >= 4 is 18.3 Å². The van der Waals surface area contributed by atoms with Crippen molar-refractivity contribution in [3.05, 3.63) is 36.2 Å². The molecule has 1 heterocycles. The van der Waals surface area contributed by atoms with Crippen LogP contribution in [-0.2, 0) is 0 Å². The van der Waals surface area contributed by atoms with Gasteiger partial charge in [0.05, 0.1) is 0 Å². The summed E-state index contributed by atoms with van der Waals surface area (Å²) >= 11 is 0. The molecule has 6 nitrogen and oxygen atoms in total. The molecule has 1 atom stereocenters. The van der Waals surface area contributed by atoms with Crippen LogP contribution in [-0.4, -0.2) is 35.7 Å². The van der Waals surface area contributed by atoms with Gasteiger partial charge in [-0.05, 0) is 26.1 Å². The molecule has 0 aliphatic heterocycles. The van der Waals surface area contributed by atoms with Gasteiger partial charge in [0.15, 0.2) is 0 Å². The van der Waals surface area contributed by atoms with Crippen LogP contribution in [0.3, 0.4) is 0 Å². The molecule has 2 N–H and O–H groups in total. The minimum absolute atomic E-state index is 0. The third-order valence-corrected chi connectivity index (χ3v) is 2.83. The van der Waals surface area contributed by atoms with Crippen molar-refractivity contribution in [3.63, 3.8) is 0 Å². The smallest absolute Gasteiger partial charge is 0.251 e. The average Bonchev–Trinajstić information content (AvgIpc) is 2.98. The van der Waals surface area contributed by atoms with Crippen molar-refractivity contribution in [2.45, 2.75) is 13.0 Å². The Morgan fingerprint density at radius 3 is 2.60 bits per heavy atom. The maximum absolute atomic E-state index is 11.9. The van der Waals surface area contributed by atoms with E-state index in [9.17, 15) is 4.79 Å². The van der Waals surface area contributed by atoms with Gasteiger partial charge in [-0.15, -0.1) is 12.4 Å². The lowest BCUT2D eigenvalue weighted by Crippen LogP contribution is -2.37. The summed E-state index contributed by atoms with van der Waals surface area (Å²) in [5.74, 6) is 0.414. The molecule has 0 fully saturated rings. The lowest BCUT2D eigenvalue weighted by atomic mass is 10.1. The number of rotatable bonds is 5. The van der Waals surface area contributed by atoms with Crippen LogP contribution >= 0.6 is 12.4 Å². The van der Waals surface area contributed by atoms with Crippen molar-refractivity contribution in [2.24, 2.45) is 0 Å². The first-order valence-electron chi connectivity index (χ1n) is 6.03. The number of likely N-dealkylation sites (N-methyl/N-ethyl adjacent to an activating group) is 1. The van der Waals surface area contributed by atoms with E-state index >= 15 is 0 Å². The first kappa shape index (κ1) is 16.1. The van der Waals surface area contributed by atoms with Gasteiger partial charge in [0, 0.05) is 23.7 Å². The minimum Gasteiger partial charge on any atom is -0.350 e. The van der Waals surface area contributed by atoms with E-state index in [2.05, 4.69) is 25.3 Å². The number of hydrogen-bond donors (Lipinski definition) is 2. The molecule has 2 aromatic rings. The van der Waals surface area contributed by atoms with Crippen LogP contribution in [0.4, 0.5) is 0 Å². The van der Waals surface area contributed by atoms with E-state index in [0.29, 0.717) is 17.9 Å². The van der Waals surface area contributed by atoms with Gasteiger partial charge in [-0.3, -0.25) is 4.79 Å². The Morgan fingerprint density at radius 2 is 2.05 bits per heavy atom. The Morgan fingerprint density at radius 1 is 1.35 bits per heavy atom. The Labute approximate surface area is 123 Å². The van der Waals surface area contributed by atoms with E-state index in [-0.39, 0.29) is 24.4 Å². The quantitative estimate of drug-likeness (QED) is 0.874. The first-order valence-corrected chi connectivity index (χ1v) is 6.03. The fourth-order valence-electron chi connectivity index (χ4n) is 1.52. The van der Waals surface area contributed by atoms with E-state index in [1.54, 1.807) is 24.3 Å². The normalized spacial score (nSPS) is 11.5. The highest BCUT2D eigenvalue weighted by molar-refractivity contribution is 5.94. The van der Waals surface area contributed by atoms with Gasteiger partial charge in [-0.2, -0.15) is 4.98 Å². The van der Waals surface area contributed by atoms with Crippen LogP contribution in [0.5, 0.6) is 0 Å². The van der Waals surface area contributed by atoms with E-state index in [0.717, 1.165) is 5.56 Å². The van der Waals surface area contributed by atoms with E-state index in [1.807, 2.05) is 14.0 Å². The van der Waals surface area contributed by atoms with Gasteiger partial charge < -0.3 is 15.2 Å². The van der Waals surface area contributed by atoms with Gasteiger partial charge in [-0.25, -0.2) is 0 Å². The lowest BCUT2D eigenvalue weighted by Gasteiger charge is -2.11. The summed E-state index contributed by atoms with van der Waals surface area (Å²) in [6.07, 6.45) is 1.27. The second kappa shape index (κ2) is 7.62. The molecular weight excluding hydrogens is 280 g/mol. The van der Waals surface area contributed by atoms with Crippen molar-refractivity contribution in [3.8, 4) is 11.4 Å². The summed E-state index contributed by atoms with van der Waals surface area (Å²) in [6.45, 7) is 2.58. The number of nitrogens with one attached hydrogen (secondary N) is 2. The van der Waals surface area contributed by atoms with Gasteiger partial charge in [0.2, 0.25) is 12.2 Å². The Balaban J connectivity index is 0.00000200. The largest absolute Gasteiger partial charge is 0.350 e. The molecule has 0 saturated heterocycles. The van der Waals surface area contributed by atoms with Crippen molar-refractivity contribution < 1.29 is 9.32 Å². The fourth-order valence-corrected chi connectivity index (χ4v) is 1.52. The van der Waals surface area contributed by atoms with Crippen LogP contribution in [0.1, 0.15) is 17.3 Å². The predicted octanol–water partition coefficient (Wildman–Crippen LogP) is 1.50. The van der Waals surface area contributed by atoms with Crippen molar-refractivity contribution in [1.82, 2.24) is 20.8 Å². The third kappa shape index (κ3) is 4.04. The molecule has 0 bridgehead atoms. The summed E-state index contributed by atoms with van der Waals surface area (Å²) in [4.78, 5) is 15.8. The molecule has 2 rings (SSSR count). The minimum atomic E-state index is -0.0956. The number of amides is 1. The van der Waals surface area contributed by atoms with Crippen LogP contribution in [0.15, 0.2) is 35.2 Å². The SMILES string of the molecule is CNC(C)CNC(=O)c1ccc(-c2ncon2)cc1.Cl. The van der Waals surface area contributed by atoms with E-state index < -0.39 is 0 Å². The maximum Gasteiger partial charge on any atom is 0.251 e. The highest BCUT2D eigenvalue weighted by atomic mass is 35.5. The van der Waals surface area contributed by atoms with Crippen LogP contribution in [0.25, 0.3) is 11.4 Å². The molecule has 0 spiro atoms. The lowest BCUT2D eigenvalue weighted by molar-refractivity contribution is 0.0950. The summed E-state index contributed by atoms with van der Waals surface area (Å²) in [5, 5.41) is 9.65. The maximum atomic E-state index is 11.9. The standard InChI is InChI=1S/C13H16N4O2.ClH/c1-9(14-2)7-15-13(18)11-5-3-10(4-6-11)12-16-8-19-17-12;/h3-6,8-9,14H,7H2,1-2H3,(H,15,18);1H. The molecule has 0 aliphatic carbocycles. The molecule has 1 amide bonds. The van der Waals surface area contributed by atoms with E-state index in [1.165, 1.54) is 6.39 Å². The van der Waals surface area contributed by atoms with Crippen LogP contribution < -0.4 is 10.6 Å². The zero-order valence-electron chi connectivity index (χ0n) is 11.3. The number of nitrogens with zero attached hydrogens (tertiary/aromatic N) is 2. The number of hydrogen-bond acceptors (Lipinski definition) is 5. The second-order valence-corrected chi connectivity index (χ2v) is 4.23. The highest BCUT2D eigenvalue weighted by Crippen LogP contribution is 2.14. The van der Waals surface area contributed by atoms with E-state index in [4.69, 9.17) is 0 Å². The molecule has 1 aromatic carbocycles. The number of benzene rings is 1. The highest BCUT2D eigenvalue weighted by Gasteiger charge is 2.08. The number of aromatic nitrogens is 2. The van der Waals surface area contributed by atoms with Crippen molar-refractivity contribution in [1.29, 1.82) is 0 Å². The molecule has 0 saturated carbocycles. The van der Waals surface area contributed by atoms with Gasteiger partial charge in [0.25, 0.3) is 5.91 Å². The summed E-state index contributed by atoms with van der Waals surface area (Å²) in [7, 11) is 1.86. The average molecular weight is 297 g/mol. The monoisotopic (exact) mass is 296 g/mol. The fraction of sp³-hybridized carbons (Fsp3) is 0.308. The van der Waals surface area contributed by atoms with Crippen LogP contribution in [0.2, 0.25) is 0 Å². The zero-order chi connectivity index (χ0) is 13.7. The Kier molecular flexibility index (Phi) is 6.14. The molecule has 1 unspecified atom stereocenters. The Hall–Kier alpha value is -1.92. The summed E-state index contributed by atoms with van der Waals surface area (Å²) in [6, 6.07) is 7.31. The van der Waals surface area contributed by atoms with Crippen molar-refractivity contribution in [2.75, 3.05) is 13.6 Å². The Bertz CT molecular complexity index is 528. The second-order valence-electron chi connectivity index (χ2n) is 4.23. The van der Waals surface area contributed by atoms with Gasteiger partial charge in [0.1, 0.15) is 0 Å². The molecule has 7 heteroatoms. The van der Waals surface area contributed by atoms with Crippen LogP contribution in [0, 0.1) is 0 Å². The number of carbonyl (C=O) groups excluding carboxylic acids is 1. The summed E-state index contributed by atoms with van der Waals surface area (Å²) < 4.78 is 4.68. The molecule has 0 aliphatic rings.